The van der Waals surface area contributed by atoms with Gasteiger partial charge < -0.3 is 10.5 Å². The van der Waals surface area contributed by atoms with Crippen LogP contribution in [0.25, 0.3) is 0 Å². The molecule has 2 rings (SSSR count). The molecule has 2 N–H and O–H groups in total. The lowest BCUT2D eigenvalue weighted by atomic mass is 9.95. The number of ether oxygens (including phenoxy) is 1. The van der Waals surface area contributed by atoms with Crippen LogP contribution in [0.2, 0.25) is 0 Å². The molecule has 0 bridgehead atoms. The van der Waals surface area contributed by atoms with Crippen LogP contribution in [0.1, 0.15) is 24.1 Å². The predicted molar refractivity (Wildman–Crippen MR) is 47.6 cm³/mol. The molecule has 0 fully saturated rings. The van der Waals surface area contributed by atoms with Crippen LogP contribution >= 0.6 is 0 Å². The van der Waals surface area contributed by atoms with Crippen molar-refractivity contribution in [3.05, 3.63) is 35.4 Å². The molecule has 0 saturated heterocycles. The van der Waals surface area contributed by atoms with Gasteiger partial charge in [-0.3, -0.25) is 0 Å². The Hall–Kier alpha value is -0.860. The molecule has 0 amide bonds. The van der Waals surface area contributed by atoms with Crippen molar-refractivity contribution in [2.75, 3.05) is 0 Å². The molecule has 1 aromatic rings. The summed E-state index contributed by atoms with van der Waals surface area (Å²) in [5, 5.41) is 0. The summed E-state index contributed by atoms with van der Waals surface area (Å²) in [6.07, 6.45) is 0.139. The Morgan fingerprint density at radius 3 is 3.00 bits per heavy atom. The molecule has 2 heteroatoms. The second kappa shape index (κ2) is 2.88. The summed E-state index contributed by atoms with van der Waals surface area (Å²) in [6, 6.07) is 8.23. The summed E-state index contributed by atoms with van der Waals surface area (Å²) in [7, 11) is 0. The van der Waals surface area contributed by atoms with Crippen molar-refractivity contribution in [3.8, 4) is 0 Å². The van der Waals surface area contributed by atoms with Crippen LogP contribution in [0, 0.1) is 0 Å². The molecule has 0 aliphatic carbocycles. The van der Waals surface area contributed by atoms with Crippen molar-refractivity contribution < 1.29 is 4.74 Å². The van der Waals surface area contributed by atoms with Gasteiger partial charge in [-0.25, -0.2) is 0 Å². The van der Waals surface area contributed by atoms with Crippen LogP contribution in [0.4, 0.5) is 0 Å². The monoisotopic (exact) mass is 163 g/mol. The molecule has 0 spiro atoms. The molecule has 64 valence electrons. The summed E-state index contributed by atoms with van der Waals surface area (Å²) in [5.41, 5.74) is 8.42. The zero-order valence-corrected chi connectivity index (χ0v) is 7.16. The third kappa shape index (κ3) is 1.13. The van der Waals surface area contributed by atoms with Crippen molar-refractivity contribution >= 4 is 0 Å². The molecule has 12 heavy (non-hydrogen) atoms. The molecular formula is C10H13NO. The van der Waals surface area contributed by atoms with Crippen LogP contribution in [0.5, 0.6) is 0 Å². The van der Waals surface area contributed by atoms with Crippen molar-refractivity contribution in [3.63, 3.8) is 0 Å². The van der Waals surface area contributed by atoms with E-state index in [9.17, 15) is 0 Å². The topological polar surface area (TPSA) is 35.2 Å². The summed E-state index contributed by atoms with van der Waals surface area (Å²) in [6.45, 7) is 2.71. The Kier molecular flexibility index (Phi) is 1.87. The van der Waals surface area contributed by atoms with Crippen LogP contribution in [0.3, 0.4) is 0 Å². The quantitative estimate of drug-likeness (QED) is 0.630. The summed E-state index contributed by atoms with van der Waals surface area (Å²) >= 11 is 0. The average molecular weight is 163 g/mol. The molecule has 1 unspecified atom stereocenters. The number of hydrogen-bond acceptors (Lipinski definition) is 2. The molecule has 0 saturated carbocycles. The van der Waals surface area contributed by atoms with E-state index in [-0.39, 0.29) is 12.1 Å². The standard InChI is InChI=1S/C10H13NO/c1-7-10(11)9-5-3-2-4-8(9)6-12-7/h2-5,7,10H,6,11H2,1H3/t7?,10-/m0/s1. The summed E-state index contributed by atoms with van der Waals surface area (Å²) in [4.78, 5) is 0. The normalized spacial score (nSPS) is 28.2. The first-order valence-corrected chi connectivity index (χ1v) is 4.24. The lowest BCUT2D eigenvalue weighted by Crippen LogP contribution is -2.31. The number of benzene rings is 1. The van der Waals surface area contributed by atoms with Gasteiger partial charge in [-0.05, 0) is 18.1 Å². The first-order chi connectivity index (χ1) is 5.79. The second-order valence-electron chi connectivity index (χ2n) is 3.24. The largest absolute Gasteiger partial charge is 0.372 e. The lowest BCUT2D eigenvalue weighted by molar-refractivity contribution is 0.0214. The van der Waals surface area contributed by atoms with Crippen molar-refractivity contribution in [2.45, 2.75) is 25.7 Å². The molecule has 1 aliphatic rings. The van der Waals surface area contributed by atoms with E-state index in [1.54, 1.807) is 0 Å². The van der Waals surface area contributed by atoms with Gasteiger partial charge in [0.2, 0.25) is 0 Å². The lowest BCUT2D eigenvalue weighted by Gasteiger charge is -2.28. The SMILES string of the molecule is CC1OCc2ccccc2[C@H]1N. The highest BCUT2D eigenvalue weighted by Gasteiger charge is 2.22. The Labute approximate surface area is 72.3 Å². The van der Waals surface area contributed by atoms with E-state index in [1.807, 2.05) is 19.1 Å². The fourth-order valence-corrected chi connectivity index (χ4v) is 1.57. The van der Waals surface area contributed by atoms with Gasteiger partial charge in [-0.1, -0.05) is 24.3 Å². The maximum atomic E-state index is 5.96. The number of rotatable bonds is 0. The Bertz CT molecular complexity index is 285. The van der Waals surface area contributed by atoms with E-state index in [0.717, 1.165) is 0 Å². The smallest absolute Gasteiger partial charge is 0.0744 e. The fraction of sp³-hybridized carbons (Fsp3) is 0.400. The van der Waals surface area contributed by atoms with E-state index in [1.165, 1.54) is 11.1 Å². The third-order valence-corrected chi connectivity index (χ3v) is 2.42. The van der Waals surface area contributed by atoms with Crippen molar-refractivity contribution in [1.29, 1.82) is 0 Å². The van der Waals surface area contributed by atoms with Gasteiger partial charge in [0, 0.05) is 0 Å². The predicted octanol–water partition coefficient (Wildman–Crippen LogP) is 1.61. The molecule has 0 radical (unpaired) electrons. The molecule has 1 aromatic carbocycles. The number of hydrogen-bond donors (Lipinski definition) is 1. The Balaban J connectivity index is 2.42. The Morgan fingerprint density at radius 1 is 1.42 bits per heavy atom. The van der Waals surface area contributed by atoms with Crippen molar-refractivity contribution in [2.24, 2.45) is 5.73 Å². The molecular weight excluding hydrogens is 150 g/mol. The minimum atomic E-state index is 0.0370. The fourth-order valence-electron chi connectivity index (χ4n) is 1.57. The van der Waals surface area contributed by atoms with Gasteiger partial charge in [0.15, 0.2) is 0 Å². The highest BCUT2D eigenvalue weighted by molar-refractivity contribution is 5.31. The number of nitrogens with two attached hydrogens (primary N) is 1. The first-order valence-electron chi connectivity index (χ1n) is 4.24. The highest BCUT2D eigenvalue weighted by atomic mass is 16.5. The van der Waals surface area contributed by atoms with Crippen LogP contribution in [-0.4, -0.2) is 6.10 Å². The van der Waals surface area contributed by atoms with Crippen molar-refractivity contribution in [1.82, 2.24) is 0 Å². The molecule has 1 heterocycles. The summed E-state index contributed by atoms with van der Waals surface area (Å²) < 4.78 is 5.49. The van der Waals surface area contributed by atoms with Gasteiger partial charge in [0.25, 0.3) is 0 Å². The maximum absolute atomic E-state index is 5.96. The van der Waals surface area contributed by atoms with Gasteiger partial charge in [-0.2, -0.15) is 0 Å². The first kappa shape index (κ1) is 7.77. The molecule has 2 nitrogen and oxygen atoms in total. The molecule has 2 atom stereocenters. The minimum absolute atomic E-state index is 0.0370. The van der Waals surface area contributed by atoms with Crippen LogP contribution in [0.15, 0.2) is 24.3 Å². The van der Waals surface area contributed by atoms with Gasteiger partial charge in [-0.15, -0.1) is 0 Å². The third-order valence-electron chi connectivity index (χ3n) is 2.42. The van der Waals surface area contributed by atoms with Gasteiger partial charge in [0.1, 0.15) is 0 Å². The van der Waals surface area contributed by atoms with E-state index in [4.69, 9.17) is 10.5 Å². The van der Waals surface area contributed by atoms with Crippen LogP contribution < -0.4 is 5.73 Å². The summed E-state index contributed by atoms with van der Waals surface area (Å²) in [5.74, 6) is 0. The van der Waals surface area contributed by atoms with E-state index in [2.05, 4.69) is 12.1 Å². The zero-order chi connectivity index (χ0) is 8.55. The van der Waals surface area contributed by atoms with Gasteiger partial charge >= 0.3 is 0 Å². The highest BCUT2D eigenvalue weighted by Crippen LogP contribution is 2.26. The van der Waals surface area contributed by atoms with E-state index < -0.39 is 0 Å². The van der Waals surface area contributed by atoms with Gasteiger partial charge in [0.05, 0.1) is 18.8 Å². The Morgan fingerprint density at radius 2 is 2.17 bits per heavy atom. The maximum Gasteiger partial charge on any atom is 0.0744 e. The van der Waals surface area contributed by atoms with E-state index >= 15 is 0 Å². The minimum Gasteiger partial charge on any atom is -0.372 e. The average Bonchev–Trinajstić information content (AvgIpc) is 2.12. The van der Waals surface area contributed by atoms with Crippen LogP contribution in [-0.2, 0) is 11.3 Å². The molecule has 0 aromatic heterocycles. The van der Waals surface area contributed by atoms with E-state index in [0.29, 0.717) is 6.61 Å². The molecule has 1 aliphatic heterocycles. The second-order valence-corrected chi connectivity index (χ2v) is 3.24. The zero-order valence-electron chi connectivity index (χ0n) is 7.16. The number of fused-ring (bicyclic) bond motifs is 1.